The van der Waals surface area contributed by atoms with Gasteiger partial charge in [-0.2, -0.15) is 0 Å². The fourth-order valence-corrected chi connectivity index (χ4v) is 4.59. The summed E-state index contributed by atoms with van der Waals surface area (Å²) in [7, 11) is 0. The molecule has 148 valence electrons. The Kier molecular flexibility index (Phi) is 6.27. The molecule has 1 amide bonds. The molecular weight excluding hydrogens is 346 g/mol. The van der Waals surface area contributed by atoms with Crippen molar-refractivity contribution >= 4 is 11.6 Å². The Labute approximate surface area is 168 Å². The van der Waals surface area contributed by atoms with E-state index in [1.165, 1.54) is 24.1 Å². The molecule has 0 saturated carbocycles. The third kappa shape index (κ3) is 4.93. The first-order valence-corrected chi connectivity index (χ1v) is 10.6. The Morgan fingerprint density at radius 1 is 0.964 bits per heavy atom. The summed E-state index contributed by atoms with van der Waals surface area (Å²) in [5.41, 5.74) is 2.66. The molecule has 4 rings (SSSR count). The maximum absolute atomic E-state index is 12.5. The highest BCUT2D eigenvalue weighted by molar-refractivity contribution is 5.78. The van der Waals surface area contributed by atoms with Crippen molar-refractivity contribution in [3.05, 3.63) is 66.2 Å². The lowest BCUT2D eigenvalue weighted by atomic mass is 10.0. The van der Waals surface area contributed by atoms with Crippen LogP contribution in [0.1, 0.15) is 24.8 Å². The van der Waals surface area contributed by atoms with E-state index in [0.29, 0.717) is 18.5 Å². The number of amides is 1. The van der Waals surface area contributed by atoms with Gasteiger partial charge >= 0.3 is 0 Å². The molecule has 2 saturated heterocycles. The van der Waals surface area contributed by atoms with Crippen LogP contribution in [0, 0.1) is 5.92 Å². The van der Waals surface area contributed by atoms with Gasteiger partial charge in [0, 0.05) is 31.4 Å². The van der Waals surface area contributed by atoms with E-state index < -0.39 is 0 Å². The van der Waals surface area contributed by atoms with Gasteiger partial charge in [-0.3, -0.25) is 9.69 Å². The highest BCUT2D eigenvalue weighted by atomic mass is 16.2. The van der Waals surface area contributed by atoms with Crippen molar-refractivity contribution in [1.82, 2.24) is 10.2 Å². The van der Waals surface area contributed by atoms with Crippen molar-refractivity contribution in [3.8, 4) is 0 Å². The number of hydrogen-bond acceptors (Lipinski definition) is 3. The first-order chi connectivity index (χ1) is 13.8. The number of rotatable bonds is 7. The number of para-hydroxylation sites is 1. The lowest BCUT2D eigenvalue weighted by molar-refractivity contribution is -0.122. The Morgan fingerprint density at radius 2 is 1.71 bits per heavy atom. The average Bonchev–Trinajstić information content (AvgIpc) is 3.38. The van der Waals surface area contributed by atoms with E-state index in [0.717, 1.165) is 39.0 Å². The van der Waals surface area contributed by atoms with Crippen LogP contribution < -0.4 is 10.2 Å². The Balaban J connectivity index is 1.21. The average molecular weight is 378 g/mol. The minimum Gasteiger partial charge on any atom is -0.371 e. The summed E-state index contributed by atoms with van der Waals surface area (Å²) >= 11 is 0. The molecule has 0 radical (unpaired) electrons. The zero-order chi connectivity index (χ0) is 19.2. The molecule has 2 fully saturated rings. The van der Waals surface area contributed by atoms with Gasteiger partial charge in [0.1, 0.15) is 0 Å². The third-order valence-electron chi connectivity index (χ3n) is 6.16. The fraction of sp³-hybridized carbons (Fsp3) is 0.458. The lowest BCUT2D eigenvalue weighted by Gasteiger charge is -2.24. The van der Waals surface area contributed by atoms with Crippen LogP contribution in [0.3, 0.4) is 0 Å². The van der Waals surface area contributed by atoms with Crippen LogP contribution in [0.15, 0.2) is 60.7 Å². The van der Waals surface area contributed by atoms with Crippen LogP contribution >= 0.6 is 0 Å². The Bertz CT molecular complexity index is 749. The van der Waals surface area contributed by atoms with Crippen LogP contribution in [-0.2, 0) is 11.2 Å². The molecule has 4 nitrogen and oxygen atoms in total. The van der Waals surface area contributed by atoms with Gasteiger partial charge in [-0.25, -0.2) is 0 Å². The minimum atomic E-state index is 0.179. The van der Waals surface area contributed by atoms with E-state index in [-0.39, 0.29) is 5.91 Å². The van der Waals surface area contributed by atoms with Gasteiger partial charge in [0.05, 0.1) is 6.54 Å². The standard InChI is InChI=1S/C24H31N3O/c28-24(19-26-14-7-12-23(26)16-20-8-3-1-4-9-20)25-17-21-13-15-27(18-21)22-10-5-2-6-11-22/h1-6,8-11,21,23H,7,12-19H2,(H,25,28)/t21-,23+/m1/s1. The second-order valence-corrected chi connectivity index (χ2v) is 8.20. The molecule has 2 heterocycles. The smallest absolute Gasteiger partial charge is 0.234 e. The van der Waals surface area contributed by atoms with Crippen molar-refractivity contribution in [3.63, 3.8) is 0 Å². The summed E-state index contributed by atoms with van der Waals surface area (Å²) in [5.74, 6) is 0.723. The number of carbonyl (C=O) groups is 1. The molecule has 0 bridgehead atoms. The van der Waals surface area contributed by atoms with E-state index in [9.17, 15) is 4.79 Å². The summed E-state index contributed by atoms with van der Waals surface area (Å²) < 4.78 is 0. The van der Waals surface area contributed by atoms with E-state index in [1.807, 2.05) is 0 Å². The monoisotopic (exact) mass is 377 g/mol. The Hall–Kier alpha value is -2.33. The number of nitrogens with one attached hydrogen (secondary N) is 1. The molecule has 0 aliphatic carbocycles. The highest BCUT2D eigenvalue weighted by Gasteiger charge is 2.27. The normalized spacial score (nSPS) is 22.5. The Morgan fingerprint density at radius 3 is 2.50 bits per heavy atom. The SMILES string of the molecule is O=C(CN1CCC[C@H]1Cc1ccccc1)NC[C@H]1CCN(c2ccccc2)C1. The summed E-state index contributed by atoms with van der Waals surface area (Å²) in [6, 6.07) is 21.7. The number of carbonyl (C=O) groups excluding carboxylic acids is 1. The molecule has 4 heteroatoms. The molecule has 0 aromatic heterocycles. The summed E-state index contributed by atoms with van der Waals surface area (Å²) in [6.07, 6.45) is 4.58. The highest BCUT2D eigenvalue weighted by Crippen LogP contribution is 2.23. The zero-order valence-electron chi connectivity index (χ0n) is 16.6. The molecule has 2 aromatic rings. The van der Waals surface area contributed by atoms with Gasteiger partial charge in [0.15, 0.2) is 0 Å². The molecular formula is C24H31N3O. The number of benzene rings is 2. The van der Waals surface area contributed by atoms with Crippen molar-refractivity contribution in [2.75, 3.05) is 37.6 Å². The van der Waals surface area contributed by atoms with Gasteiger partial charge in [-0.05, 0) is 55.8 Å². The van der Waals surface area contributed by atoms with Crippen molar-refractivity contribution in [2.24, 2.45) is 5.92 Å². The number of likely N-dealkylation sites (tertiary alicyclic amines) is 1. The van der Waals surface area contributed by atoms with E-state index in [1.54, 1.807) is 0 Å². The van der Waals surface area contributed by atoms with Crippen LogP contribution in [0.2, 0.25) is 0 Å². The van der Waals surface area contributed by atoms with Gasteiger partial charge in [-0.1, -0.05) is 48.5 Å². The number of anilines is 1. The second kappa shape index (κ2) is 9.24. The molecule has 28 heavy (non-hydrogen) atoms. The largest absolute Gasteiger partial charge is 0.371 e. The predicted octanol–water partition coefficient (Wildman–Crippen LogP) is 3.34. The topological polar surface area (TPSA) is 35.6 Å². The van der Waals surface area contributed by atoms with Crippen LogP contribution in [0.4, 0.5) is 5.69 Å². The van der Waals surface area contributed by atoms with E-state index in [2.05, 4.69) is 75.8 Å². The summed E-state index contributed by atoms with van der Waals surface area (Å²) in [4.78, 5) is 17.3. The predicted molar refractivity (Wildman–Crippen MR) is 115 cm³/mol. The fourth-order valence-electron chi connectivity index (χ4n) is 4.59. The first kappa shape index (κ1) is 19.0. The van der Waals surface area contributed by atoms with Crippen LogP contribution in [-0.4, -0.2) is 49.6 Å². The van der Waals surface area contributed by atoms with Gasteiger partial charge < -0.3 is 10.2 Å². The first-order valence-electron chi connectivity index (χ1n) is 10.6. The van der Waals surface area contributed by atoms with Crippen molar-refractivity contribution in [1.29, 1.82) is 0 Å². The van der Waals surface area contributed by atoms with Crippen LogP contribution in [0.5, 0.6) is 0 Å². The van der Waals surface area contributed by atoms with E-state index in [4.69, 9.17) is 0 Å². The molecule has 2 atom stereocenters. The van der Waals surface area contributed by atoms with Crippen molar-refractivity contribution < 1.29 is 4.79 Å². The van der Waals surface area contributed by atoms with E-state index >= 15 is 0 Å². The van der Waals surface area contributed by atoms with Crippen LogP contribution in [0.25, 0.3) is 0 Å². The molecule has 0 spiro atoms. The molecule has 2 aliphatic rings. The maximum Gasteiger partial charge on any atom is 0.234 e. The third-order valence-corrected chi connectivity index (χ3v) is 6.16. The summed E-state index contributed by atoms with van der Waals surface area (Å²) in [6.45, 7) is 4.47. The lowest BCUT2D eigenvalue weighted by Crippen LogP contribution is -2.42. The number of nitrogens with zero attached hydrogens (tertiary/aromatic N) is 2. The quantitative estimate of drug-likeness (QED) is 0.804. The summed E-state index contributed by atoms with van der Waals surface area (Å²) in [5, 5.41) is 3.20. The van der Waals surface area contributed by atoms with Gasteiger partial charge in [0.2, 0.25) is 5.91 Å². The second-order valence-electron chi connectivity index (χ2n) is 8.20. The maximum atomic E-state index is 12.5. The molecule has 0 unspecified atom stereocenters. The van der Waals surface area contributed by atoms with Gasteiger partial charge in [-0.15, -0.1) is 0 Å². The van der Waals surface area contributed by atoms with Gasteiger partial charge in [0.25, 0.3) is 0 Å². The zero-order valence-corrected chi connectivity index (χ0v) is 16.6. The van der Waals surface area contributed by atoms with Crippen molar-refractivity contribution in [2.45, 2.75) is 31.7 Å². The molecule has 2 aromatic carbocycles. The molecule has 2 aliphatic heterocycles. The molecule has 1 N–H and O–H groups in total. The minimum absolute atomic E-state index is 0.179. The number of hydrogen-bond donors (Lipinski definition) is 1.